The number of hydrogen-bond acceptors (Lipinski definition) is 3. The molecule has 1 aliphatic rings. The molecule has 98 valence electrons. The van der Waals surface area contributed by atoms with Gasteiger partial charge in [-0.1, -0.05) is 18.2 Å². The average molecular weight is 247 g/mol. The van der Waals surface area contributed by atoms with Gasteiger partial charge in [-0.2, -0.15) is 0 Å². The van der Waals surface area contributed by atoms with E-state index in [9.17, 15) is 4.79 Å². The van der Waals surface area contributed by atoms with Crippen LogP contribution in [0.5, 0.6) is 0 Å². The highest BCUT2D eigenvalue weighted by Crippen LogP contribution is 2.25. The van der Waals surface area contributed by atoms with Crippen molar-refractivity contribution in [1.82, 2.24) is 5.32 Å². The molecule has 0 aliphatic heterocycles. The summed E-state index contributed by atoms with van der Waals surface area (Å²) in [5, 5.41) is 2.97. The van der Waals surface area contributed by atoms with Crippen LogP contribution in [0.1, 0.15) is 12.8 Å². The summed E-state index contributed by atoms with van der Waals surface area (Å²) in [5.74, 6) is 0.292. The van der Waals surface area contributed by atoms with Crippen LogP contribution in [0.25, 0.3) is 0 Å². The first-order valence-electron chi connectivity index (χ1n) is 6.46. The summed E-state index contributed by atoms with van der Waals surface area (Å²) in [4.78, 5) is 13.8. The number of hydrogen-bond donors (Lipinski definition) is 2. The van der Waals surface area contributed by atoms with Crippen molar-refractivity contribution in [2.45, 2.75) is 18.9 Å². The van der Waals surface area contributed by atoms with Crippen molar-refractivity contribution < 1.29 is 4.79 Å². The summed E-state index contributed by atoms with van der Waals surface area (Å²) in [5.41, 5.74) is 6.84. The van der Waals surface area contributed by atoms with Crippen LogP contribution >= 0.6 is 0 Å². The number of rotatable bonds is 5. The van der Waals surface area contributed by atoms with Crippen LogP contribution in [-0.2, 0) is 4.79 Å². The van der Waals surface area contributed by atoms with E-state index in [2.05, 4.69) is 22.3 Å². The standard InChI is InChI=1S/C14H21N3O/c1-17(13-5-3-2-4-6-13)8-7-16-14(18)11-9-12(15)10-11/h2-6,11-12H,7-10,15H2,1H3,(H,16,18). The van der Waals surface area contributed by atoms with Crippen molar-refractivity contribution in [1.29, 1.82) is 0 Å². The fourth-order valence-electron chi connectivity index (χ4n) is 2.18. The zero-order valence-electron chi connectivity index (χ0n) is 10.8. The number of benzene rings is 1. The van der Waals surface area contributed by atoms with Gasteiger partial charge in [0.2, 0.25) is 5.91 Å². The fourth-order valence-corrected chi connectivity index (χ4v) is 2.18. The first-order chi connectivity index (χ1) is 8.66. The number of para-hydroxylation sites is 1. The van der Waals surface area contributed by atoms with Crippen molar-refractivity contribution in [2.24, 2.45) is 11.7 Å². The second kappa shape index (κ2) is 5.87. The summed E-state index contributed by atoms with van der Waals surface area (Å²) in [6, 6.07) is 10.4. The fraction of sp³-hybridized carbons (Fsp3) is 0.500. The molecule has 1 aromatic rings. The van der Waals surface area contributed by atoms with Crippen LogP contribution in [0.15, 0.2) is 30.3 Å². The highest BCUT2D eigenvalue weighted by atomic mass is 16.1. The minimum Gasteiger partial charge on any atom is -0.373 e. The van der Waals surface area contributed by atoms with Gasteiger partial charge in [-0.15, -0.1) is 0 Å². The molecule has 0 bridgehead atoms. The molecular weight excluding hydrogens is 226 g/mol. The Morgan fingerprint density at radius 1 is 1.39 bits per heavy atom. The highest BCUT2D eigenvalue weighted by molar-refractivity contribution is 5.79. The second-order valence-corrected chi connectivity index (χ2v) is 4.98. The maximum atomic E-state index is 11.7. The number of amides is 1. The lowest BCUT2D eigenvalue weighted by Crippen LogP contribution is -2.46. The van der Waals surface area contributed by atoms with E-state index in [0.29, 0.717) is 6.54 Å². The molecule has 1 saturated carbocycles. The van der Waals surface area contributed by atoms with Crippen molar-refractivity contribution in [3.05, 3.63) is 30.3 Å². The molecule has 1 aliphatic carbocycles. The Morgan fingerprint density at radius 3 is 2.67 bits per heavy atom. The monoisotopic (exact) mass is 247 g/mol. The number of nitrogens with zero attached hydrogens (tertiary/aromatic N) is 1. The second-order valence-electron chi connectivity index (χ2n) is 4.98. The number of nitrogens with one attached hydrogen (secondary N) is 1. The third-order valence-corrected chi connectivity index (χ3v) is 3.49. The number of likely N-dealkylation sites (N-methyl/N-ethyl adjacent to an activating group) is 1. The van der Waals surface area contributed by atoms with Crippen molar-refractivity contribution in [3.63, 3.8) is 0 Å². The quantitative estimate of drug-likeness (QED) is 0.815. The molecule has 0 heterocycles. The molecule has 2 rings (SSSR count). The van der Waals surface area contributed by atoms with Gasteiger partial charge in [0.25, 0.3) is 0 Å². The van der Waals surface area contributed by atoms with E-state index in [1.165, 1.54) is 0 Å². The SMILES string of the molecule is CN(CCNC(=O)C1CC(N)C1)c1ccccc1. The Bertz CT molecular complexity index is 387. The van der Waals surface area contributed by atoms with E-state index in [4.69, 9.17) is 5.73 Å². The first-order valence-corrected chi connectivity index (χ1v) is 6.46. The summed E-state index contributed by atoms with van der Waals surface area (Å²) >= 11 is 0. The van der Waals surface area contributed by atoms with Crippen LogP contribution in [-0.4, -0.2) is 32.1 Å². The van der Waals surface area contributed by atoms with Gasteiger partial charge in [0.05, 0.1) is 0 Å². The molecule has 1 fully saturated rings. The maximum Gasteiger partial charge on any atom is 0.223 e. The summed E-state index contributed by atoms with van der Waals surface area (Å²) in [6.07, 6.45) is 1.67. The lowest BCUT2D eigenvalue weighted by molar-refractivity contribution is -0.127. The molecule has 3 N–H and O–H groups in total. The van der Waals surface area contributed by atoms with Gasteiger partial charge < -0.3 is 16.0 Å². The van der Waals surface area contributed by atoms with E-state index in [1.807, 2.05) is 25.2 Å². The number of anilines is 1. The van der Waals surface area contributed by atoms with Gasteiger partial charge in [-0.05, 0) is 25.0 Å². The Hall–Kier alpha value is -1.55. The molecule has 0 spiro atoms. The van der Waals surface area contributed by atoms with Gasteiger partial charge in [-0.3, -0.25) is 4.79 Å². The smallest absolute Gasteiger partial charge is 0.223 e. The van der Waals surface area contributed by atoms with Crippen LogP contribution in [0, 0.1) is 5.92 Å². The maximum absolute atomic E-state index is 11.7. The van der Waals surface area contributed by atoms with Crippen LogP contribution in [0.2, 0.25) is 0 Å². The van der Waals surface area contributed by atoms with Gasteiger partial charge in [0.1, 0.15) is 0 Å². The van der Waals surface area contributed by atoms with E-state index in [1.54, 1.807) is 0 Å². The summed E-state index contributed by atoms with van der Waals surface area (Å²) in [6.45, 7) is 1.49. The van der Waals surface area contributed by atoms with E-state index in [0.717, 1.165) is 25.1 Å². The average Bonchev–Trinajstić information content (AvgIpc) is 2.35. The van der Waals surface area contributed by atoms with E-state index in [-0.39, 0.29) is 17.9 Å². The third kappa shape index (κ3) is 3.23. The molecule has 0 aromatic heterocycles. The minimum atomic E-state index is 0.141. The molecule has 0 unspecified atom stereocenters. The third-order valence-electron chi connectivity index (χ3n) is 3.49. The predicted molar refractivity (Wildman–Crippen MR) is 73.4 cm³/mol. The van der Waals surface area contributed by atoms with Crippen molar-refractivity contribution in [2.75, 3.05) is 25.0 Å². The van der Waals surface area contributed by atoms with Crippen LogP contribution in [0.4, 0.5) is 5.69 Å². The first kappa shape index (κ1) is 12.9. The van der Waals surface area contributed by atoms with Crippen molar-refractivity contribution in [3.8, 4) is 0 Å². The summed E-state index contributed by atoms with van der Waals surface area (Å²) in [7, 11) is 2.03. The van der Waals surface area contributed by atoms with Gasteiger partial charge in [0, 0.05) is 37.8 Å². The Morgan fingerprint density at radius 2 is 2.06 bits per heavy atom. The minimum absolute atomic E-state index is 0.141. The van der Waals surface area contributed by atoms with Gasteiger partial charge in [0.15, 0.2) is 0 Å². The molecule has 4 heteroatoms. The number of carbonyl (C=O) groups excluding carboxylic acids is 1. The normalized spacial score (nSPS) is 22.1. The molecule has 0 atom stereocenters. The molecule has 0 radical (unpaired) electrons. The predicted octanol–water partition coefficient (Wildman–Crippen LogP) is 0.976. The topological polar surface area (TPSA) is 58.4 Å². The number of carbonyl (C=O) groups is 1. The Kier molecular flexibility index (Phi) is 4.20. The lowest BCUT2D eigenvalue weighted by atomic mass is 9.80. The van der Waals surface area contributed by atoms with Crippen LogP contribution < -0.4 is 16.0 Å². The summed E-state index contributed by atoms with van der Waals surface area (Å²) < 4.78 is 0. The molecule has 1 amide bonds. The molecule has 0 saturated heterocycles. The zero-order chi connectivity index (χ0) is 13.0. The Balaban J connectivity index is 1.68. The zero-order valence-corrected chi connectivity index (χ0v) is 10.8. The van der Waals surface area contributed by atoms with Gasteiger partial charge >= 0.3 is 0 Å². The Labute approximate surface area is 108 Å². The number of nitrogens with two attached hydrogens (primary N) is 1. The van der Waals surface area contributed by atoms with Crippen LogP contribution in [0.3, 0.4) is 0 Å². The van der Waals surface area contributed by atoms with Gasteiger partial charge in [-0.25, -0.2) is 0 Å². The lowest BCUT2D eigenvalue weighted by Gasteiger charge is -2.31. The van der Waals surface area contributed by atoms with Crippen molar-refractivity contribution >= 4 is 11.6 Å². The molecule has 4 nitrogen and oxygen atoms in total. The largest absolute Gasteiger partial charge is 0.373 e. The molecular formula is C14H21N3O. The van der Waals surface area contributed by atoms with E-state index >= 15 is 0 Å². The molecule has 18 heavy (non-hydrogen) atoms. The van der Waals surface area contributed by atoms with E-state index < -0.39 is 0 Å². The molecule has 1 aromatic carbocycles. The highest BCUT2D eigenvalue weighted by Gasteiger charge is 2.31.